The van der Waals surface area contributed by atoms with Crippen molar-refractivity contribution in [3.63, 3.8) is 0 Å². The monoisotopic (exact) mass is 199 g/mol. The Morgan fingerprint density at radius 2 is 2.31 bits per heavy atom. The van der Waals surface area contributed by atoms with Crippen LogP contribution in [0.15, 0.2) is 12.3 Å². The molecule has 70 valence electrons. The molecule has 0 amide bonds. The topological polar surface area (TPSA) is 49.2 Å². The van der Waals surface area contributed by atoms with Crippen LogP contribution in [0.4, 0.5) is 5.82 Å². The second kappa shape index (κ2) is 2.82. The summed E-state index contributed by atoms with van der Waals surface area (Å²) in [4.78, 5) is 9.76. The molecule has 1 aliphatic rings. The highest BCUT2D eigenvalue weighted by atomic mass is 35.5. The smallest absolute Gasteiger partial charge is 0.224 e. The van der Waals surface area contributed by atoms with Crippen molar-refractivity contribution in [1.29, 1.82) is 0 Å². The number of anilines is 1. The van der Waals surface area contributed by atoms with Gasteiger partial charge in [0.2, 0.25) is 5.28 Å². The maximum Gasteiger partial charge on any atom is 0.224 e. The van der Waals surface area contributed by atoms with Crippen LogP contribution in [0.25, 0.3) is 0 Å². The Labute approximate surface area is 81.2 Å². The summed E-state index contributed by atoms with van der Waals surface area (Å²) in [6.07, 6.45) is 1.61. The van der Waals surface area contributed by atoms with Crippen molar-refractivity contribution < 1.29 is 5.11 Å². The van der Waals surface area contributed by atoms with E-state index >= 15 is 0 Å². The predicted octanol–water partition coefficient (Wildman–Crippen LogP) is 0.701. The Bertz CT molecular complexity index is 321. The molecule has 1 aliphatic heterocycles. The van der Waals surface area contributed by atoms with Gasteiger partial charge in [0, 0.05) is 19.3 Å². The fraction of sp³-hybridized carbons (Fsp3) is 0.500. The van der Waals surface area contributed by atoms with Crippen LogP contribution in [0, 0.1) is 0 Å². The maximum atomic E-state index is 9.50. The minimum atomic E-state index is -0.586. The van der Waals surface area contributed by atoms with Crippen LogP contribution in [0.3, 0.4) is 0 Å². The van der Waals surface area contributed by atoms with Crippen LogP contribution in [0.2, 0.25) is 5.28 Å². The Morgan fingerprint density at radius 1 is 1.62 bits per heavy atom. The van der Waals surface area contributed by atoms with E-state index in [0.717, 1.165) is 5.82 Å². The zero-order valence-corrected chi connectivity index (χ0v) is 7.99. The van der Waals surface area contributed by atoms with Gasteiger partial charge >= 0.3 is 0 Å². The maximum absolute atomic E-state index is 9.50. The zero-order valence-electron chi connectivity index (χ0n) is 7.24. The normalized spacial score (nSPS) is 19.8. The average molecular weight is 200 g/mol. The van der Waals surface area contributed by atoms with E-state index in [2.05, 4.69) is 9.97 Å². The minimum Gasteiger partial charge on any atom is -0.386 e. The van der Waals surface area contributed by atoms with E-state index in [1.165, 1.54) is 0 Å². The second-order valence-corrected chi connectivity index (χ2v) is 3.87. The van der Waals surface area contributed by atoms with E-state index in [9.17, 15) is 5.11 Å². The quantitative estimate of drug-likeness (QED) is 0.677. The highest BCUT2D eigenvalue weighted by molar-refractivity contribution is 6.28. The first-order chi connectivity index (χ1) is 6.07. The van der Waals surface area contributed by atoms with Crippen LogP contribution < -0.4 is 4.90 Å². The van der Waals surface area contributed by atoms with Gasteiger partial charge in [-0.2, -0.15) is 0 Å². The molecule has 2 rings (SSSR count). The van der Waals surface area contributed by atoms with Gasteiger partial charge in [-0.15, -0.1) is 0 Å². The van der Waals surface area contributed by atoms with Gasteiger partial charge in [0.05, 0.1) is 5.60 Å². The van der Waals surface area contributed by atoms with Crippen molar-refractivity contribution >= 4 is 17.4 Å². The number of rotatable bonds is 1. The van der Waals surface area contributed by atoms with Crippen LogP contribution >= 0.6 is 11.6 Å². The standard InChI is InChI=1S/C8H10ClN3O/c1-8(13)4-12(5-8)6-2-3-10-7(9)11-6/h2-3,13H,4-5H2,1H3. The highest BCUT2D eigenvalue weighted by Gasteiger charge is 2.37. The summed E-state index contributed by atoms with van der Waals surface area (Å²) in [7, 11) is 0. The molecule has 0 aliphatic carbocycles. The van der Waals surface area contributed by atoms with Crippen molar-refractivity contribution in [2.75, 3.05) is 18.0 Å². The number of hydrogen-bond acceptors (Lipinski definition) is 4. The highest BCUT2D eigenvalue weighted by Crippen LogP contribution is 2.25. The van der Waals surface area contributed by atoms with Crippen LogP contribution in [-0.4, -0.2) is 33.8 Å². The Balaban J connectivity index is 2.11. The first kappa shape index (κ1) is 8.72. The van der Waals surface area contributed by atoms with E-state index in [4.69, 9.17) is 11.6 Å². The zero-order chi connectivity index (χ0) is 9.47. The molecule has 4 nitrogen and oxygen atoms in total. The van der Waals surface area contributed by atoms with Gasteiger partial charge in [-0.1, -0.05) is 0 Å². The molecule has 1 saturated heterocycles. The third kappa shape index (κ3) is 1.73. The van der Waals surface area contributed by atoms with Crippen LogP contribution in [0.5, 0.6) is 0 Å². The molecule has 0 saturated carbocycles. The van der Waals surface area contributed by atoms with Gasteiger partial charge in [0.15, 0.2) is 0 Å². The molecule has 1 aromatic heterocycles. The van der Waals surface area contributed by atoms with Crippen molar-refractivity contribution in [3.05, 3.63) is 17.5 Å². The summed E-state index contributed by atoms with van der Waals surface area (Å²) in [5.41, 5.74) is -0.586. The van der Waals surface area contributed by atoms with Gasteiger partial charge in [0.25, 0.3) is 0 Å². The largest absolute Gasteiger partial charge is 0.386 e. The summed E-state index contributed by atoms with van der Waals surface area (Å²) in [5.74, 6) is 0.770. The van der Waals surface area contributed by atoms with E-state index in [-0.39, 0.29) is 5.28 Å². The molecule has 1 fully saturated rings. The van der Waals surface area contributed by atoms with Crippen molar-refractivity contribution in [2.45, 2.75) is 12.5 Å². The number of hydrogen-bond donors (Lipinski definition) is 1. The SMILES string of the molecule is CC1(O)CN(c2ccnc(Cl)n2)C1. The van der Waals surface area contributed by atoms with Gasteiger partial charge in [-0.25, -0.2) is 9.97 Å². The first-order valence-electron chi connectivity index (χ1n) is 4.03. The summed E-state index contributed by atoms with van der Waals surface area (Å²) in [6, 6.07) is 1.78. The lowest BCUT2D eigenvalue weighted by Gasteiger charge is -2.44. The first-order valence-corrected chi connectivity index (χ1v) is 4.40. The van der Waals surface area contributed by atoms with Gasteiger partial charge in [-0.3, -0.25) is 0 Å². The van der Waals surface area contributed by atoms with Gasteiger partial charge < -0.3 is 10.0 Å². The van der Waals surface area contributed by atoms with Crippen LogP contribution in [-0.2, 0) is 0 Å². The lowest BCUT2D eigenvalue weighted by atomic mass is 9.97. The third-order valence-electron chi connectivity index (χ3n) is 2.00. The third-order valence-corrected chi connectivity index (χ3v) is 2.18. The molecule has 0 radical (unpaired) electrons. The molecular weight excluding hydrogens is 190 g/mol. The number of aromatic nitrogens is 2. The fourth-order valence-corrected chi connectivity index (χ4v) is 1.58. The molecule has 0 spiro atoms. The number of halogens is 1. The predicted molar refractivity (Wildman–Crippen MR) is 49.9 cm³/mol. The molecule has 2 heterocycles. The van der Waals surface area contributed by atoms with E-state index in [0.29, 0.717) is 13.1 Å². The molecule has 0 bridgehead atoms. The van der Waals surface area contributed by atoms with E-state index < -0.39 is 5.60 Å². The Morgan fingerprint density at radius 3 is 2.85 bits per heavy atom. The summed E-state index contributed by atoms with van der Waals surface area (Å²) in [6.45, 7) is 2.99. The number of nitrogens with zero attached hydrogens (tertiary/aromatic N) is 3. The lowest BCUT2D eigenvalue weighted by molar-refractivity contribution is 0.0305. The van der Waals surface area contributed by atoms with Gasteiger partial charge in [-0.05, 0) is 24.6 Å². The van der Waals surface area contributed by atoms with E-state index in [1.807, 2.05) is 4.90 Å². The fourth-order valence-electron chi connectivity index (χ4n) is 1.44. The second-order valence-electron chi connectivity index (χ2n) is 3.54. The summed E-state index contributed by atoms with van der Waals surface area (Å²) >= 11 is 5.63. The molecule has 1 N–H and O–H groups in total. The lowest BCUT2D eigenvalue weighted by Crippen LogP contribution is -2.60. The number of aliphatic hydroxyl groups is 1. The van der Waals surface area contributed by atoms with Crippen molar-refractivity contribution in [2.24, 2.45) is 0 Å². The van der Waals surface area contributed by atoms with Crippen molar-refractivity contribution in [3.8, 4) is 0 Å². The summed E-state index contributed by atoms with van der Waals surface area (Å²) < 4.78 is 0. The molecule has 0 atom stereocenters. The van der Waals surface area contributed by atoms with Crippen LogP contribution in [0.1, 0.15) is 6.92 Å². The summed E-state index contributed by atoms with van der Waals surface area (Å²) in [5, 5.41) is 9.74. The molecule has 1 aromatic rings. The minimum absolute atomic E-state index is 0.240. The molecular formula is C8H10ClN3O. The molecule has 5 heteroatoms. The van der Waals surface area contributed by atoms with E-state index in [1.54, 1.807) is 19.2 Å². The molecule has 0 unspecified atom stereocenters. The molecule has 0 aromatic carbocycles. The van der Waals surface area contributed by atoms with Gasteiger partial charge in [0.1, 0.15) is 5.82 Å². The average Bonchev–Trinajstić information content (AvgIpc) is 2.00. The van der Waals surface area contributed by atoms with Crippen molar-refractivity contribution in [1.82, 2.24) is 9.97 Å². The Kier molecular flexibility index (Phi) is 1.89. The Hall–Kier alpha value is -0.870. The number of β-amino-alcohol motifs (C(OH)–C–C–N with tert-alkyl or cyclic N) is 1. The molecule has 13 heavy (non-hydrogen) atoms.